The summed E-state index contributed by atoms with van der Waals surface area (Å²) in [6, 6.07) is 0.300. The van der Waals surface area contributed by atoms with Crippen molar-refractivity contribution >= 4 is 6.09 Å². The molecule has 1 saturated heterocycles. The minimum Gasteiger partial charge on any atom is -0.449 e. The van der Waals surface area contributed by atoms with E-state index in [1.165, 1.54) is 38.8 Å². The molecule has 2 fully saturated rings. The zero-order valence-electron chi connectivity index (χ0n) is 16.5. The van der Waals surface area contributed by atoms with E-state index >= 15 is 0 Å². The first-order valence-electron chi connectivity index (χ1n) is 10.3. The maximum Gasteiger partial charge on any atom is 0.409 e. The Balaban J connectivity index is 1.52. The second-order valence-electron chi connectivity index (χ2n) is 8.24. The van der Waals surface area contributed by atoms with Gasteiger partial charge in [-0.05, 0) is 69.9 Å². The van der Waals surface area contributed by atoms with Gasteiger partial charge in [0.15, 0.2) is 0 Å². The first-order valence-corrected chi connectivity index (χ1v) is 10.3. The summed E-state index contributed by atoms with van der Waals surface area (Å²) in [6.07, 6.45) is 9.49. The number of carbonyl (C=O) groups is 1. The van der Waals surface area contributed by atoms with E-state index in [0.717, 1.165) is 38.2 Å². The van der Waals surface area contributed by atoms with Crippen LogP contribution in [-0.4, -0.2) is 56.5 Å². The number of hydrogen-bond acceptors (Lipinski definition) is 4. The van der Waals surface area contributed by atoms with Gasteiger partial charge in [-0.2, -0.15) is 0 Å². The van der Waals surface area contributed by atoms with Crippen LogP contribution in [0.1, 0.15) is 65.2 Å². The molecule has 5 heteroatoms. The lowest BCUT2D eigenvalue weighted by Gasteiger charge is -2.34. The molecule has 0 bridgehead atoms. The Morgan fingerprint density at radius 1 is 1.16 bits per heavy atom. The highest BCUT2D eigenvalue weighted by molar-refractivity contribution is 5.67. The lowest BCUT2D eigenvalue weighted by Crippen LogP contribution is -2.41. The lowest BCUT2D eigenvalue weighted by atomic mass is 9.92. The van der Waals surface area contributed by atoms with Crippen molar-refractivity contribution in [2.45, 2.75) is 77.4 Å². The average molecular weight is 355 g/mol. The molecule has 1 amide bonds. The van der Waals surface area contributed by atoms with Gasteiger partial charge in [0.25, 0.3) is 0 Å². The minimum atomic E-state index is -0.181. The molecule has 1 N–H and O–H groups in total. The average Bonchev–Trinajstić information content (AvgIpc) is 3.12. The van der Waals surface area contributed by atoms with Crippen LogP contribution in [0.25, 0.3) is 0 Å². The molecule has 25 heavy (non-hydrogen) atoms. The third-order valence-electron chi connectivity index (χ3n) is 5.54. The van der Waals surface area contributed by atoms with Crippen molar-refractivity contribution in [1.29, 1.82) is 0 Å². The van der Waals surface area contributed by atoms with Crippen molar-refractivity contribution in [2.24, 2.45) is 11.8 Å². The fourth-order valence-electron chi connectivity index (χ4n) is 3.83. The van der Waals surface area contributed by atoms with Crippen LogP contribution >= 0.6 is 0 Å². The highest BCUT2D eigenvalue weighted by Crippen LogP contribution is 2.25. The van der Waals surface area contributed by atoms with Crippen molar-refractivity contribution in [2.75, 3.05) is 33.4 Å². The third kappa shape index (κ3) is 7.53. The van der Waals surface area contributed by atoms with Crippen LogP contribution < -0.4 is 5.32 Å². The highest BCUT2D eigenvalue weighted by Gasteiger charge is 2.27. The second kappa shape index (κ2) is 11.0. The van der Waals surface area contributed by atoms with Crippen molar-refractivity contribution < 1.29 is 14.3 Å². The summed E-state index contributed by atoms with van der Waals surface area (Å²) in [5, 5.41) is 3.43. The summed E-state index contributed by atoms with van der Waals surface area (Å²) in [4.78, 5) is 13.8. The Bertz CT molecular complexity index is 375. The first-order chi connectivity index (χ1) is 12.1. The minimum absolute atomic E-state index is 0.181. The molecule has 1 heterocycles. The molecule has 0 aromatic heterocycles. The first kappa shape index (κ1) is 20.5. The number of ether oxygens (including phenoxy) is 2. The van der Waals surface area contributed by atoms with Crippen LogP contribution in [0.5, 0.6) is 0 Å². The quantitative estimate of drug-likeness (QED) is 0.640. The molecule has 1 aliphatic carbocycles. The normalized spacial score (nSPS) is 26.8. The maximum absolute atomic E-state index is 12.0. The SMILES string of the molecule is CC(C)COC(=O)N(C)C1CCC(OCCCCC2CCNC2)CC1. The number of nitrogens with one attached hydrogen (secondary N) is 1. The summed E-state index contributed by atoms with van der Waals surface area (Å²) in [5.74, 6) is 1.27. The fourth-order valence-corrected chi connectivity index (χ4v) is 3.83. The van der Waals surface area contributed by atoms with Gasteiger partial charge in [-0.25, -0.2) is 4.79 Å². The summed E-state index contributed by atoms with van der Waals surface area (Å²) >= 11 is 0. The number of hydrogen-bond donors (Lipinski definition) is 1. The molecule has 2 aliphatic rings. The van der Waals surface area contributed by atoms with E-state index in [1.54, 1.807) is 4.90 Å². The molecule has 0 aromatic rings. The maximum atomic E-state index is 12.0. The third-order valence-corrected chi connectivity index (χ3v) is 5.54. The second-order valence-corrected chi connectivity index (χ2v) is 8.24. The number of nitrogens with zero attached hydrogens (tertiary/aromatic N) is 1. The van der Waals surface area contributed by atoms with Crippen LogP contribution in [0.3, 0.4) is 0 Å². The molecule has 146 valence electrons. The van der Waals surface area contributed by atoms with Crippen molar-refractivity contribution in [1.82, 2.24) is 10.2 Å². The van der Waals surface area contributed by atoms with E-state index in [4.69, 9.17) is 9.47 Å². The predicted octanol–water partition coefficient (Wildman–Crippen LogP) is 3.82. The van der Waals surface area contributed by atoms with Gasteiger partial charge in [0.2, 0.25) is 0 Å². The Kier molecular flexibility index (Phi) is 9.04. The summed E-state index contributed by atoms with van der Waals surface area (Å²) < 4.78 is 11.4. The zero-order chi connectivity index (χ0) is 18.1. The number of carbonyl (C=O) groups excluding carboxylic acids is 1. The summed E-state index contributed by atoms with van der Waals surface area (Å²) in [5.41, 5.74) is 0. The Labute approximate surface area is 153 Å². The van der Waals surface area contributed by atoms with Crippen LogP contribution in [0.4, 0.5) is 4.79 Å². The molecule has 1 aliphatic heterocycles. The number of rotatable bonds is 9. The van der Waals surface area contributed by atoms with Crippen molar-refractivity contribution in [3.05, 3.63) is 0 Å². The van der Waals surface area contributed by atoms with Crippen LogP contribution in [0.15, 0.2) is 0 Å². The lowest BCUT2D eigenvalue weighted by molar-refractivity contribution is 0.00662. The smallest absolute Gasteiger partial charge is 0.409 e. The van der Waals surface area contributed by atoms with Gasteiger partial charge in [0.05, 0.1) is 12.7 Å². The van der Waals surface area contributed by atoms with Crippen LogP contribution in [-0.2, 0) is 9.47 Å². The van der Waals surface area contributed by atoms with Crippen molar-refractivity contribution in [3.63, 3.8) is 0 Å². The van der Waals surface area contributed by atoms with E-state index in [2.05, 4.69) is 19.2 Å². The Hall–Kier alpha value is -0.810. The molecule has 0 radical (unpaired) electrons. The largest absolute Gasteiger partial charge is 0.449 e. The van der Waals surface area contributed by atoms with E-state index in [1.807, 2.05) is 7.05 Å². The molecule has 1 saturated carbocycles. The standard InChI is InChI=1S/C20H38N2O3/c1-16(2)15-25-20(23)22(3)18-7-9-19(10-8-18)24-13-5-4-6-17-11-12-21-14-17/h16-19,21H,4-15H2,1-3H3. The molecular weight excluding hydrogens is 316 g/mol. The van der Waals surface area contributed by atoms with E-state index in [-0.39, 0.29) is 6.09 Å². The molecule has 0 aromatic carbocycles. The van der Waals surface area contributed by atoms with Gasteiger partial charge < -0.3 is 19.7 Å². The monoisotopic (exact) mass is 354 g/mol. The van der Waals surface area contributed by atoms with Gasteiger partial charge in [-0.15, -0.1) is 0 Å². The fraction of sp³-hybridized carbons (Fsp3) is 0.950. The van der Waals surface area contributed by atoms with Gasteiger partial charge in [-0.1, -0.05) is 20.3 Å². The summed E-state index contributed by atoms with van der Waals surface area (Å²) in [6.45, 7) is 7.91. The van der Waals surface area contributed by atoms with Crippen LogP contribution in [0, 0.1) is 11.8 Å². The topological polar surface area (TPSA) is 50.8 Å². The number of amides is 1. The Morgan fingerprint density at radius 2 is 1.92 bits per heavy atom. The van der Waals surface area contributed by atoms with E-state index in [0.29, 0.717) is 24.7 Å². The van der Waals surface area contributed by atoms with Gasteiger partial charge in [-0.3, -0.25) is 0 Å². The Morgan fingerprint density at radius 3 is 2.56 bits per heavy atom. The predicted molar refractivity (Wildman–Crippen MR) is 101 cm³/mol. The molecule has 1 atom stereocenters. The summed E-state index contributed by atoms with van der Waals surface area (Å²) in [7, 11) is 1.87. The van der Waals surface area contributed by atoms with E-state index < -0.39 is 0 Å². The zero-order valence-corrected chi connectivity index (χ0v) is 16.5. The van der Waals surface area contributed by atoms with Gasteiger partial charge >= 0.3 is 6.09 Å². The highest BCUT2D eigenvalue weighted by atomic mass is 16.6. The molecule has 0 spiro atoms. The van der Waals surface area contributed by atoms with Crippen molar-refractivity contribution in [3.8, 4) is 0 Å². The molecule has 5 nitrogen and oxygen atoms in total. The molecule has 2 rings (SSSR count). The van der Waals surface area contributed by atoms with E-state index in [9.17, 15) is 4.79 Å². The van der Waals surface area contributed by atoms with Crippen LogP contribution in [0.2, 0.25) is 0 Å². The number of unbranched alkanes of at least 4 members (excludes halogenated alkanes) is 1. The molecular formula is C20H38N2O3. The molecule has 1 unspecified atom stereocenters. The van der Waals surface area contributed by atoms with Gasteiger partial charge in [0.1, 0.15) is 0 Å². The van der Waals surface area contributed by atoms with Gasteiger partial charge in [0, 0.05) is 19.7 Å².